The maximum absolute atomic E-state index is 10.9. The van der Waals surface area contributed by atoms with Crippen LogP contribution >= 0.6 is 0 Å². The van der Waals surface area contributed by atoms with E-state index in [1.54, 1.807) is 12.4 Å². The summed E-state index contributed by atoms with van der Waals surface area (Å²) in [7, 11) is 0. The highest BCUT2D eigenvalue weighted by Gasteiger charge is 2.16. The Balaban J connectivity index is 0.000000547. The summed E-state index contributed by atoms with van der Waals surface area (Å²) in [6, 6.07) is 4.92. The van der Waals surface area contributed by atoms with Gasteiger partial charge in [-0.05, 0) is 39.8 Å². The third-order valence-electron chi connectivity index (χ3n) is 1.68. The van der Waals surface area contributed by atoms with E-state index in [4.69, 9.17) is 10.5 Å². The van der Waals surface area contributed by atoms with E-state index in [0.29, 0.717) is 0 Å². The molecule has 7 heteroatoms. The number of nitrogens with two attached hydrogens (primary N) is 1. The Kier molecular flexibility index (Phi) is 8.36. The van der Waals surface area contributed by atoms with E-state index in [-0.39, 0.29) is 18.1 Å². The largest absolute Gasteiger partial charge is 0.474 e. The zero-order chi connectivity index (χ0) is 16.3. The quantitative estimate of drug-likeness (QED) is 0.504. The standard InChI is InChI=1S/C9H17N3O3.C5H5N/c1-6(13)5-7(11-12-8(10)14)15-9(2,3)4;1-2-4-6-5-3-1/h5H2,1-4H3,(H3,10,12,14);1-5H. The number of primary amides is 1. The highest BCUT2D eigenvalue weighted by Crippen LogP contribution is 2.09. The van der Waals surface area contributed by atoms with Crippen LogP contribution in [0.4, 0.5) is 4.79 Å². The van der Waals surface area contributed by atoms with E-state index in [0.717, 1.165) is 0 Å². The van der Waals surface area contributed by atoms with Gasteiger partial charge in [-0.1, -0.05) is 6.07 Å². The molecule has 0 spiro atoms. The van der Waals surface area contributed by atoms with Crippen LogP contribution in [0.25, 0.3) is 0 Å². The molecule has 0 unspecified atom stereocenters. The summed E-state index contributed by atoms with van der Waals surface area (Å²) in [6.07, 6.45) is 3.53. The fourth-order valence-corrected chi connectivity index (χ4v) is 1.09. The summed E-state index contributed by atoms with van der Waals surface area (Å²) in [5, 5.41) is 3.60. The molecule has 0 saturated heterocycles. The van der Waals surface area contributed by atoms with Gasteiger partial charge in [0.15, 0.2) is 0 Å². The summed E-state index contributed by atoms with van der Waals surface area (Å²) < 4.78 is 5.36. The van der Waals surface area contributed by atoms with Gasteiger partial charge in [-0.15, -0.1) is 5.10 Å². The van der Waals surface area contributed by atoms with Crippen LogP contribution in [0.1, 0.15) is 34.1 Å². The number of ketones is 1. The second-order valence-electron chi connectivity index (χ2n) is 5.10. The Morgan fingerprint density at radius 1 is 1.24 bits per heavy atom. The van der Waals surface area contributed by atoms with E-state index in [1.165, 1.54) is 6.92 Å². The number of hydrogen-bond acceptors (Lipinski definition) is 5. The summed E-state index contributed by atoms with van der Waals surface area (Å²) >= 11 is 0. The molecule has 0 aromatic carbocycles. The van der Waals surface area contributed by atoms with E-state index in [2.05, 4.69) is 10.1 Å². The van der Waals surface area contributed by atoms with Crippen molar-refractivity contribution in [1.82, 2.24) is 10.4 Å². The van der Waals surface area contributed by atoms with Gasteiger partial charge in [-0.3, -0.25) is 9.78 Å². The lowest BCUT2D eigenvalue weighted by Gasteiger charge is -2.21. The Hall–Kier alpha value is -2.44. The molecule has 3 N–H and O–H groups in total. The molecule has 0 bridgehead atoms. The van der Waals surface area contributed by atoms with Crippen molar-refractivity contribution in [3.05, 3.63) is 30.6 Å². The minimum Gasteiger partial charge on any atom is -0.474 e. The molecule has 0 aliphatic carbocycles. The molecule has 2 amide bonds. The molecule has 0 saturated carbocycles. The average molecular weight is 294 g/mol. The summed E-state index contributed by atoms with van der Waals surface area (Å²) in [5.41, 5.74) is 6.38. The van der Waals surface area contributed by atoms with Gasteiger partial charge in [0, 0.05) is 12.4 Å². The fraction of sp³-hybridized carbons (Fsp3) is 0.429. The van der Waals surface area contributed by atoms with Crippen molar-refractivity contribution in [2.75, 3.05) is 0 Å². The van der Waals surface area contributed by atoms with Gasteiger partial charge >= 0.3 is 6.03 Å². The molecule has 116 valence electrons. The highest BCUT2D eigenvalue weighted by atomic mass is 16.5. The number of hydrogen-bond donors (Lipinski definition) is 2. The van der Waals surface area contributed by atoms with E-state index < -0.39 is 11.6 Å². The number of nitrogens with one attached hydrogen (secondary N) is 1. The molecule has 21 heavy (non-hydrogen) atoms. The fourth-order valence-electron chi connectivity index (χ4n) is 1.09. The normalized spacial score (nSPS) is 11.0. The first-order valence-corrected chi connectivity index (χ1v) is 6.36. The first-order chi connectivity index (χ1) is 9.70. The minimum atomic E-state index is -0.798. The Morgan fingerprint density at radius 3 is 2.10 bits per heavy atom. The number of carbonyl (C=O) groups excluding carboxylic acids is 2. The van der Waals surface area contributed by atoms with Crippen LogP contribution in [0.5, 0.6) is 0 Å². The minimum absolute atomic E-state index is 0.0253. The monoisotopic (exact) mass is 294 g/mol. The lowest BCUT2D eigenvalue weighted by atomic mass is 10.2. The zero-order valence-electron chi connectivity index (χ0n) is 12.8. The van der Waals surface area contributed by atoms with Gasteiger partial charge in [-0.25, -0.2) is 10.2 Å². The summed E-state index contributed by atoms with van der Waals surface area (Å²) in [4.78, 5) is 25.1. The highest BCUT2D eigenvalue weighted by molar-refractivity contribution is 5.97. The lowest BCUT2D eigenvalue weighted by molar-refractivity contribution is -0.116. The molecule has 1 aromatic rings. The van der Waals surface area contributed by atoms with Gasteiger partial charge in [0.1, 0.15) is 11.4 Å². The first kappa shape index (κ1) is 18.6. The maximum Gasteiger partial charge on any atom is 0.332 e. The van der Waals surface area contributed by atoms with Crippen molar-refractivity contribution in [3.8, 4) is 0 Å². The van der Waals surface area contributed by atoms with Crippen LogP contribution < -0.4 is 11.2 Å². The number of nitrogens with zero attached hydrogens (tertiary/aromatic N) is 2. The van der Waals surface area contributed by atoms with Crippen LogP contribution in [0.15, 0.2) is 35.7 Å². The van der Waals surface area contributed by atoms with Crippen LogP contribution in [0.3, 0.4) is 0 Å². The van der Waals surface area contributed by atoms with Gasteiger partial charge in [0.05, 0.1) is 6.42 Å². The number of pyridine rings is 1. The molecule has 7 nitrogen and oxygen atoms in total. The van der Waals surface area contributed by atoms with Crippen LogP contribution in [-0.2, 0) is 9.53 Å². The van der Waals surface area contributed by atoms with Crippen molar-refractivity contribution in [3.63, 3.8) is 0 Å². The number of ether oxygens (including phenoxy) is 1. The van der Waals surface area contributed by atoms with Crippen LogP contribution in [0.2, 0.25) is 0 Å². The van der Waals surface area contributed by atoms with E-state index >= 15 is 0 Å². The Labute approximate surface area is 124 Å². The lowest BCUT2D eigenvalue weighted by Crippen LogP contribution is -2.30. The molecule has 0 atom stereocenters. The number of carbonyl (C=O) groups is 2. The molecule has 1 aromatic heterocycles. The maximum atomic E-state index is 10.9. The van der Waals surface area contributed by atoms with Gasteiger partial charge in [-0.2, -0.15) is 0 Å². The second kappa shape index (κ2) is 9.46. The third kappa shape index (κ3) is 13.8. The van der Waals surface area contributed by atoms with Gasteiger partial charge in [0.2, 0.25) is 5.90 Å². The van der Waals surface area contributed by atoms with E-state index in [1.807, 2.05) is 44.4 Å². The average Bonchev–Trinajstić information content (AvgIpc) is 2.36. The molecular formula is C14H22N4O3. The molecule has 0 fully saturated rings. The topological polar surface area (TPSA) is 107 Å². The number of aromatic nitrogens is 1. The Bertz CT molecular complexity index is 440. The second-order valence-corrected chi connectivity index (χ2v) is 5.10. The molecule has 0 aliphatic rings. The number of amides is 2. The van der Waals surface area contributed by atoms with Crippen LogP contribution in [-0.4, -0.2) is 28.3 Å². The van der Waals surface area contributed by atoms with Gasteiger partial charge in [0.25, 0.3) is 0 Å². The predicted octanol–water partition coefficient (Wildman–Crippen LogP) is 1.84. The molecule has 1 rings (SSSR count). The number of hydrazone groups is 1. The Morgan fingerprint density at radius 2 is 1.81 bits per heavy atom. The molecule has 0 aliphatic heterocycles. The number of rotatable bonds is 3. The number of Topliss-reactive ketones (excluding diaryl/α,β-unsaturated/α-hetero) is 1. The molecule has 0 radical (unpaired) electrons. The van der Waals surface area contributed by atoms with Crippen molar-refractivity contribution in [2.45, 2.75) is 39.7 Å². The number of urea groups is 1. The predicted molar refractivity (Wildman–Crippen MR) is 80.5 cm³/mol. The van der Waals surface area contributed by atoms with E-state index in [9.17, 15) is 9.59 Å². The first-order valence-electron chi connectivity index (χ1n) is 6.36. The van der Waals surface area contributed by atoms with Crippen molar-refractivity contribution in [1.29, 1.82) is 0 Å². The summed E-state index contributed by atoms with van der Waals surface area (Å²) in [6.45, 7) is 6.85. The molecule has 1 heterocycles. The van der Waals surface area contributed by atoms with Gasteiger partial charge < -0.3 is 10.5 Å². The van der Waals surface area contributed by atoms with Crippen LogP contribution in [0, 0.1) is 0 Å². The van der Waals surface area contributed by atoms with Crippen molar-refractivity contribution >= 4 is 17.7 Å². The smallest absolute Gasteiger partial charge is 0.332 e. The SMILES string of the molecule is CC(=O)CC(=NNC(N)=O)OC(C)(C)C.c1ccncc1. The molecular weight excluding hydrogens is 272 g/mol. The van der Waals surface area contributed by atoms with Crippen molar-refractivity contribution in [2.24, 2.45) is 10.8 Å². The summed E-state index contributed by atoms with van der Waals surface area (Å²) in [5.74, 6) is 0.0399. The van der Waals surface area contributed by atoms with Crippen molar-refractivity contribution < 1.29 is 14.3 Å². The third-order valence-corrected chi connectivity index (χ3v) is 1.68. The zero-order valence-corrected chi connectivity index (χ0v) is 12.8.